The number of hydrogen-bond donors (Lipinski definition) is 1. The van der Waals surface area contributed by atoms with E-state index in [4.69, 9.17) is 18.9 Å². The average molecular weight is 553 g/mol. The number of amidine groups is 1. The van der Waals surface area contributed by atoms with Crippen molar-refractivity contribution in [2.75, 3.05) is 13.7 Å². The van der Waals surface area contributed by atoms with E-state index in [1.807, 2.05) is 12.3 Å². The highest BCUT2D eigenvalue weighted by Gasteiger charge is 2.38. The van der Waals surface area contributed by atoms with Crippen LogP contribution in [0.1, 0.15) is 77.1 Å². The van der Waals surface area contributed by atoms with E-state index in [1.54, 1.807) is 19.2 Å². The predicted octanol–water partition coefficient (Wildman–Crippen LogP) is 5.25. The lowest BCUT2D eigenvalue weighted by atomic mass is 9.77. The molecule has 11 heteroatoms. The number of benzene rings is 1. The first-order chi connectivity index (χ1) is 18.9. The zero-order valence-corrected chi connectivity index (χ0v) is 22.7. The third-order valence-corrected chi connectivity index (χ3v) is 7.91. The van der Waals surface area contributed by atoms with Crippen molar-refractivity contribution in [3.05, 3.63) is 80.8 Å². The molecule has 1 aliphatic heterocycles. The number of halogens is 1. The van der Waals surface area contributed by atoms with E-state index in [0.29, 0.717) is 27.9 Å². The van der Waals surface area contributed by atoms with Gasteiger partial charge in [0.15, 0.2) is 22.4 Å². The summed E-state index contributed by atoms with van der Waals surface area (Å²) < 4.78 is 29.8. The largest absolute Gasteiger partial charge is 0.464 e. The third-order valence-electron chi connectivity index (χ3n) is 7.13. The van der Waals surface area contributed by atoms with Gasteiger partial charge in [-0.2, -0.15) is 0 Å². The quantitative estimate of drug-likeness (QED) is 0.395. The van der Waals surface area contributed by atoms with Crippen molar-refractivity contribution in [3.63, 3.8) is 0 Å². The van der Waals surface area contributed by atoms with Gasteiger partial charge in [0.25, 0.3) is 0 Å². The Hall–Kier alpha value is -3.86. The first kappa shape index (κ1) is 26.7. The van der Waals surface area contributed by atoms with Crippen molar-refractivity contribution in [2.45, 2.75) is 51.5 Å². The topological polar surface area (TPSA) is 116 Å². The van der Waals surface area contributed by atoms with Gasteiger partial charge in [0.05, 0.1) is 19.3 Å². The molecule has 0 bridgehead atoms. The van der Waals surface area contributed by atoms with E-state index in [0.717, 1.165) is 36.9 Å². The normalized spacial score (nSPS) is 21.2. The SMILES string of the molecule is CCOC(=O)C1=C(C2CCC(c3nc(C(=O)OC)co3)CC2)NC(c2nccs2)=NC1c1ccc(F)cc1C. The summed E-state index contributed by atoms with van der Waals surface area (Å²) in [7, 11) is 1.30. The molecule has 39 heavy (non-hydrogen) atoms. The summed E-state index contributed by atoms with van der Waals surface area (Å²) in [5.74, 6) is -0.217. The van der Waals surface area contributed by atoms with Crippen LogP contribution in [-0.2, 0) is 14.3 Å². The number of hydrogen-bond acceptors (Lipinski definition) is 10. The molecule has 1 aliphatic carbocycles. The molecular formula is C28H29FN4O5S. The molecule has 1 N–H and O–H groups in total. The van der Waals surface area contributed by atoms with Gasteiger partial charge < -0.3 is 19.2 Å². The van der Waals surface area contributed by atoms with Gasteiger partial charge in [-0.1, -0.05) is 6.07 Å². The molecule has 3 aromatic rings. The number of rotatable bonds is 7. The fourth-order valence-electron chi connectivity index (χ4n) is 5.24. The predicted molar refractivity (Wildman–Crippen MR) is 142 cm³/mol. The number of ether oxygens (including phenoxy) is 2. The number of aryl methyl sites for hydroxylation is 1. The van der Waals surface area contributed by atoms with E-state index in [1.165, 1.54) is 36.8 Å². The number of allylic oxidation sites excluding steroid dienone is 1. The van der Waals surface area contributed by atoms with Crippen molar-refractivity contribution in [1.29, 1.82) is 0 Å². The number of thiazole rings is 1. The van der Waals surface area contributed by atoms with Crippen LogP contribution in [-0.4, -0.2) is 41.5 Å². The van der Waals surface area contributed by atoms with E-state index in [2.05, 4.69) is 15.3 Å². The van der Waals surface area contributed by atoms with Crippen molar-refractivity contribution in [2.24, 2.45) is 10.9 Å². The average Bonchev–Trinajstić information content (AvgIpc) is 3.65. The molecule has 0 radical (unpaired) electrons. The Morgan fingerprint density at radius 2 is 1.95 bits per heavy atom. The molecular weight excluding hydrogens is 523 g/mol. The smallest absolute Gasteiger partial charge is 0.360 e. The van der Waals surface area contributed by atoms with Crippen LogP contribution in [0.3, 0.4) is 0 Å². The highest BCUT2D eigenvalue weighted by molar-refractivity contribution is 7.11. The molecule has 5 rings (SSSR count). The first-order valence-electron chi connectivity index (χ1n) is 12.8. The standard InChI is InChI=1S/C28H29FN4O5S/c1-4-37-28(35)21-22(16-5-7-17(8-6-16)25-31-20(14-38-25)27(34)36-3)32-24(26-30-11-12-39-26)33-23(21)19-10-9-18(29)13-15(19)2/h9-14,16-17,23H,4-8H2,1-3H3,(H,32,33). The fraction of sp³-hybridized carbons (Fsp3) is 0.393. The summed E-state index contributed by atoms with van der Waals surface area (Å²) in [6, 6.07) is 3.84. The summed E-state index contributed by atoms with van der Waals surface area (Å²) in [5.41, 5.74) is 2.76. The number of methoxy groups -OCH3 is 1. The van der Waals surface area contributed by atoms with Gasteiger partial charge in [-0.15, -0.1) is 11.3 Å². The lowest BCUT2D eigenvalue weighted by Crippen LogP contribution is -2.38. The molecule has 1 unspecified atom stereocenters. The zero-order valence-electron chi connectivity index (χ0n) is 21.9. The molecule has 1 aromatic carbocycles. The number of aliphatic imine (C=N–C) groups is 1. The van der Waals surface area contributed by atoms with Gasteiger partial charge in [0.2, 0.25) is 0 Å². The second kappa shape index (κ2) is 11.5. The molecule has 0 saturated heterocycles. The zero-order chi connectivity index (χ0) is 27.5. The Labute approximate surface area is 229 Å². The van der Waals surface area contributed by atoms with Crippen molar-refractivity contribution in [1.82, 2.24) is 15.3 Å². The molecule has 0 spiro atoms. The first-order valence-corrected chi connectivity index (χ1v) is 13.7. The lowest BCUT2D eigenvalue weighted by Gasteiger charge is -2.34. The number of carbonyl (C=O) groups excluding carboxylic acids is 2. The van der Waals surface area contributed by atoms with Gasteiger partial charge >= 0.3 is 11.9 Å². The van der Waals surface area contributed by atoms with Gasteiger partial charge in [-0.05, 0) is 68.7 Å². The summed E-state index contributed by atoms with van der Waals surface area (Å²) in [6.07, 6.45) is 6.01. The van der Waals surface area contributed by atoms with Gasteiger partial charge in [0.1, 0.15) is 18.1 Å². The number of nitrogens with zero attached hydrogens (tertiary/aromatic N) is 3. The minimum atomic E-state index is -0.674. The summed E-state index contributed by atoms with van der Waals surface area (Å²) in [5, 5.41) is 5.99. The van der Waals surface area contributed by atoms with Crippen LogP contribution in [0, 0.1) is 18.7 Å². The number of esters is 2. The van der Waals surface area contributed by atoms with E-state index >= 15 is 0 Å². The van der Waals surface area contributed by atoms with Gasteiger partial charge in [0, 0.05) is 23.2 Å². The van der Waals surface area contributed by atoms with Crippen LogP contribution in [0.15, 0.2) is 56.7 Å². The maximum Gasteiger partial charge on any atom is 0.360 e. The Bertz CT molecular complexity index is 1420. The Morgan fingerprint density at radius 1 is 1.18 bits per heavy atom. The summed E-state index contributed by atoms with van der Waals surface area (Å²) >= 11 is 1.44. The number of nitrogens with one attached hydrogen (secondary N) is 1. The van der Waals surface area contributed by atoms with Gasteiger partial charge in [-0.3, -0.25) is 4.99 Å². The molecule has 3 heterocycles. The Kier molecular flexibility index (Phi) is 7.87. The van der Waals surface area contributed by atoms with Crippen LogP contribution in [0.2, 0.25) is 0 Å². The number of carbonyl (C=O) groups is 2. The molecule has 2 aromatic heterocycles. The molecule has 204 valence electrons. The van der Waals surface area contributed by atoms with Crippen molar-refractivity contribution >= 4 is 29.1 Å². The maximum absolute atomic E-state index is 14.0. The third kappa shape index (κ3) is 5.49. The minimum absolute atomic E-state index is 0.00409. The Balaban J connectivity index is 1.50. The molecule has 2 aliphatic rings. The van der Waals surface area contributed by atoms with E-state index in [-0.39, 0.29) is 30.0 Å². The van der Waals surface area contributed by atoms with Crippen molar-refractivity contribution < 1.29 is 27.9 Å². The van der Waals surface area contributed by atoms with E-state index in [9.17, 15) is 14.0 Å². The lowest BCUT2D eigenvalue weighted by molar-refractivity contribution is -0.139. The molecule has 1 fully saturated rings. The maximum atomic E-state index is 14.0. The van der Waals surface area contributed by atoms with Crippen LogP contribution in [0.5, 0.6) is 0 Å². The second-order valence-electron chi connectivity index (χ2n) is 9.50. The van der Waals surface area contributed by atoms with Crippen molar-refractivity contribution in [3.8, 4) is 0 Å². The minimum Gasteiger partial charge on any atom is -0.464 e. The van der Waals surface area contributed by atoms with Gasteiger partial charge in [-0.25, -0.2) is 23.9 Å². The molecule has 1 atom stereocenters. The highest BCUT2D eigenvalue weighted by Crippen LogP contribution is 2.43. The Morgan fingerprint density at radius 3 is 2.62 bits per heavy atom. The molecule has 9 nitrogen and oxygen atoms in total. The highest BCUT2D eigenvalue weighted by atomic mass is 32.1. The summed E-state index contributed by atoms with van der Waals surface area (Å²) in [4.78, 5) is 38.9. The van der Waals surface area contributed by atoms with Crippen LogP contribution in [0.4, 0.5) is 4.39 Å². The van der Waals surface area contributed by atoms with Crippen LogP contribution >= 0.6 is 11.3 Å². The molecule has 0 amide bonds. The monoisotopic (exact) mass is 552 g/mol. The number of oxazole rings is 1. The van der Waals surface area contributed by atoms with E-state index < -0.39 is 18.0 Å². The van der Waals surface area contributed by atoms with Crippen LogP contribution < -0.4 is 5.32 Å². The fourth-order valence-corrected chi connectivity index (χ4v) is 5.83. The summed E-state index contributed by atoms with van der Waals surface area (Å²) in [6.45, 7) is 3.79. The second-order valence-corrected chi connectivity index (χ2v) is 10.4. The number of aromatic nitrogens is 2. The molecule has 1 saturated carbocycles. The van der Waals surface area contributed by atoms with Crippen LogP contribution in [0.25, 0.3) is 0 Å².